The van der Waals surface area contributed by atoms with Crippen LogP contribution >= 0.6 is 0 Å². The first-order valence-electron chi connectivity index (χ1n) is 14.1. The monoisotopic (exact) mass is 652 g/mol. The number of unbranched alkanes of at least 4 members (excludes halogenated alkanes) is 1. The minimum Gasteiger partial charge on any atom is -0.550 e. The van der Waals surface area contributed by atoms with Gasteiger partial charge < -0.3 is 14.6 Å². The van der Waals surface area contributed by atoms with E-state index in [1.54, 1.807) is 30.3 Å². The number of ether oxygens (including phenoxy) is 1. The van der Waals surface area contributed by atoms with Crippen LogP contribution in [0.3, 0.4) is 0 Å². The number of methoxy groups -OCH3 is 1. The summed E-state index contributed by atoms with van der Waals surface area (Å²) in [5.74, 6) is -4.09. The number of aliphatic carboxylic acids is 1. The van der Waals surface area contributed by atoms with Gasteiger partial charge in [0.1, 0.15) is 5.82 Å². The summed E-state index contributed by atoms with van der Waals surface area (Å²) in [5.41, 5.74) is -4.05. The minimum atomic E-state index is -4.95. The molecule has 0 aliphatic rings. The number of hydrogen-bond acceptors (Lipinski definition) is 5. The van der Waals surface area contributed by atoms with E-state index in [1.807, 2.05) is 0 Å². The molecule has 1 heterocycles. The van der Waals surface area contributed by atoms with Gasteiger partial charge in [-0.3, -0.25) is 13.9 Å². The van der Waals surface area contributed by atoms with Gasteiger partial charge in [-0.05, 0) is 49.9 Å². The van der Waals surface area contributed by atoms with Crippen LogP contribution in [0.1, 0.15) is 54.0 Å². The van der Waals surface area contributed by atoms with E-state index in [0.29, 0.717) is 24.5 Å². The number of nitrogens with zero attached hydrogens (tertiary/aromatic N) is 2. The number of hydrogen-bond donors (Lipinski definition) is 0. The van der Waals surface area contributed by atoms with Crippen molar-refractivity contribution in [2.45, 2.75) is 57.8 Å². The van der Waals surface area contributed by atoms with Crippen LogP contribution in [-0.4, -0.2) is 22.2 Å². The van der Waals surface area contributed by atoms with Crippen molar-refractivity contribution in [2.24, 2.45) is 0 Å². The fourth-order valence-corrected chi connectivity index (χ4v) is 5.43. The Balaban J connectivity index is 0.00000576. The molecule has 4 rings (SSSR count). The van der Waals surface area contributed by atoms with Crippen molar-refractivity contribution in [3.8, 4) is 16.9 Å². The maximum atomic E-state index is 15.6. The van der Waals surface area contributed by atoms with Gasteiger partial charge in [0.05, 0.1) is 24.8 Å². The van der Waals surface area contributed by atoms with Crippen molar-refractivity contribution in [2.75, 3.05) is 7.11 Å². The zero-order chi connectivity index (χ0) is 32.9. The van der Waals surface area contributed by atoms with E-state index < -0.39 is 58.6 Å². The molecule has 0 bridgehead atoms. The molecule has 0 amide bonds. The Morgan fingerprint density at radius 3 is 2.24 bits per heavy atom. The number of carbonyl (C=O) groups excluding carboxylic acids is 1. The molecule has 13 heteroatoms. The van der Waals surface area contributed by atoms with Gasteiger partial charge in [0, 0.05) is 35.3 Å². The molecule has 0 N–H and O–H groups in total. The summed E-state index contributed by atoms with van der Waals surface area (Å²) in [7, 11) is 1.22. The number of benzene rings is 3. The summed E-state index contributed by atoms with van der Waals surface area (Å²) in [6.07, 6.45) is -4.14. The Kier molecular flexibility index (Phi) is 12.5. The second-order valence-corrected chi connectivity index (χ2v) is 10.6. The van der Waals surface area contributed by atoms with Crippen molar-refractivity contribution in [3.05, 3.63) is 122 Å². The molecule has 0 radical (unpaired) electrons. The quantitative estimate of drug-likeness (QED) is 0.133. The third-order valence-corrected chi connectivity index (χ3v) is 7.74. The molecule has 0 aliphatic heterocycles. The van der Waals surface area contributed by atoms with Crippen LogP contribution in [0.25, 0.3) is 11.1 Å². The Bertz CT molecular complexity index is 1810. The molecule has 238 valence electrons. The van der Waals surface area contributed by atoms with E-state index in [0.717, 1.165) is 21.3 Å². The summed E-state index contributed by atoms with van der Waals surface area (Å²) in [6.45, 7) is 0.117. The zero-order valence-electron chi connectivity index (χ0n) is 25.5. The maximum Gasteiger partial charge on any atom is 1.00 e. The van der Waals surface area contributed by atoms with Crippen LogP contribution in [-0.2, 0) is 24.1 Å². The van der Waals surface area contributed by atoms with Crippen LogP contribution in [0.15, 0.2) is 76.3 Å². The van der Waals surface area contributed by atoms with Crippen molar-refractivity contribution in [3.63, 3.8) is 0 Å². The molecule has 0 fully saturated rings. The minimum absolute atomic E-state index is 0. The summed E-state index contributed by atoms with van der Waals surface area (Å²) < 4.78 is 78.9. The summed E-state index contributed by atoms with van der Waals surface area (Å²) in [4.78, 5) is 39.0. The summed E-state index contributed by atoms with van der Waals surface area (Å²) in [6, 6.07) is 15.2. The molecule has 4 aromatic rings. The van der Waals surface area contributed by atoms with Crippen LogP contribution in [0.4, 0.5) is 22.0 Å². The molecule has 1 atom stereocenters. The van der Waals surface area contributed by atoms with Gasteiger partial charge in [-0.2, -0.15) is 13.2 Å². The van der Waals surface area contributed by atoms with E-state index >= 15 is 4.39 Å². The fourth-order valence-electron chi connectivity index (χ4n) is 5.43. The molecular formula is C33H30F5N2NaO5. The number of carboxylic acid groups (broad SMARTS) is 1. The van der Waals surface area contributed by atoms with Crippen LogP contribution in [0.5, 0.6) is 5.75 Å². The fraction of sp³-hybridized carbons (Fsp3) is 0.303. The number of carbonyl (C=O) groups is 1. The first kappa shape index (κ1) is 36.7. The SMILES string of the molecule is COc1cccc(-c2c(C)n(Cc3c(F)cccc3C(F)(F)F)c(=O)n(C[C@H](CCCCC(=O)[O-])c3ccccc3)c2=O)c1F.[Na+]. The van der Waals surface area contributed by atoms with Gasteiger partial charge in [-0.25, -0.2) is 13.6 Å². The van der Waals surface area contributed by atoms with Gasteiger partial charge in [-0.1, -0.05) is 55.0 Å². The van der Waals surface area contributed by atoms with E-state index in [4.69, 9.17) is 4.74 Å². The van der Waals surface area contributed by atoms with Crippen molar-refractivity contribution in [1.82, 2.24) is 9.13 Å². The molecule has 3 aromatic carbocycles. The van der Waals surface area contributed by atoms with Gasteiger partial charge >= 0.3 is 41.4 Å². The smallest absolute Gasteiger partial charge is 0.550 e. The third-order valence-electron chi connectivity index (χ3n) is 7.74. The Morgan fingerprint density at radius 1 is 0.935 bits per heavy atom. The molecule has 1 aromatic heterocycles. The van der Waals surface area contributed by atoms with Gasteiger partial charge in [-0.15, -0.1) is 0 Å². The predicted molar refractivity (Wildman–Crippen MR) is 155 cm³/mol. The number of aromatic nitrogens is 2. The zero-order valence-corrected chi connectivity index (χ0v) is 27.5. The first-order chi connectivity index (χ1) is 21.3. The Hall–Kier alpha value is -3.74. The normalized spacial score (nSPS) is 12.0. The number of alkyl halides is 3. The standard InChI is InChI=1S/C33H31F5N2O5.Na/c1-20-29(23-13-8-16-27(45-2)30(23)35)31(43)40(18-22(12-6-7-17-28(41)42)21-10-4-3-5-11-21)32(44)39(20)19-24-25(33(36,37)38)14-9-15-26(24)34;/h3-5,8-11,13-16,22H,6-7,12,17-19H2,1-2H3,(H,41,42);/q;+1/p-1/t22-;/m0./s1. The number of rotatable bonds is 12. The number of halogens is 5. The topological polar surface area (TPSA) is 93.4 Å². The van der Waals surface area contributed by atoms with E-state index in [9.17, 15) is 37.1 Å². The maximum absolute atomic E-state index is 15.6. The average Bonchev–Trinajstić information content (AvgIpc) is 2.99. The van der Waals surface area contributed by atoms with Crippen LogP contribution < -0.4 is 50.6 Å². The largest absolute Gasteiger partial charge is 1.00 e. The molecule has 0 saturated heterocycles. The second-order valence-electron chi connectivity index (χ2n) is 10.6. The average molecular weight is 653 g/mol. The Labute approximate surface area is 283 Å². The molecule has 0 spiro atoms. The van der Waals surface area contributed by atoms with Crippen LogP contribution in [0.2, 0.25) is 0 Å². The van der Waals surface area contributed by atoms with Gasteiger partial charge in [0.2, 0.25) is 0 Å². The first-order valence-corrected chi connectivity index (χ1v) is 14.1. The molecule has 0 aliphatic carbocycles. The summed E-state index contributed by atoms with van der Waals surface area (Å²) in [5, 5.41) is 10.9. The summed E-state index contributed by atoms with van der Waals surface area (Å²) >= 11 is 0. The molecular weight excluding hydrogens is 622 g/mol. The van der Waals surface area contributed by atoms with E-state index in [-0.39, 0.29) is 71.5 Å². The molecule has 7 nitrogen and oxygen atoms in total. The van der Waals surface area contributed by atoms with Crippen molar-refractivity contribution in [1.29, 1.82) is 0 Å². The molecule has 0 saturated carbocycles. The van der Waals surface area contributed by atoms with Crippen molar-refractivity contribution < 1.29 is 66.1 Å². The molecule has 46 heavy (non-hydrogen) atoms. The van der Waals surface area contributed by atoms with Crippen LogP contribution in [0, 0.1) is 18.6 Å². The predicted octanol–water partition coefficient (Wildman–Crippen LogP) is 2.44. The van der Waals surface area contributed by atoms with Crippen molar-refractivity contribution >= 4 is 5.97 Å². The van der Waals surface area contributed by atoms with Gasteiger partial charge in [0.25, 0.3) is 5.56 Å². The van der Waals surface area contributed by atoms with Gasteiger partial charge in [0.15, 0.2) is 11.6 Å². The van der Waals surface area contributed by atoms with E-state index in [2.05, 4.69) is 0 Å². The second kappa shape index (κ2) is 15.7. The third kappa shape index (κ3) is 8.15. The molecule has 0 unspecified atom stereocenters. The Morgan fingerprint density at radius 2 is 1.61 bits per heavy atom. The van der Waals surface area contributed by atoms with E-state index in [1.165, 1.54) is 32.2 Å². The number of carboxylic acids is 1.